The largest absolute Gasteiger partial charge is 0.307 e. The SMILES string of the molecule is CCCC1CCCC(N[C@@H](C)c2ccccc2Br)CC1. The van der Waals surface area contributed by atoms with Gasteiger partial charge < -0.3 is 5.32 Å². The molecule has 1 aliphatic carbocycles. The maximum absolute atomic E-state index is 3.85. The first-order chi connectivity index (χ1) is 9.70. The average Bonchev–Trinajstić information content (AvgIpc) is 2.65. The fourth-order valence-corrected chi connectivity index (χ4v) is 4.14. The zero-order chi connectivity index (χ0) is 14.4. The van der Waals surface area contributed by atoms with Crippen molar-refractivity contribution < 1.29 is 0 Å². The second-order valence-corrected chi connectivity index (χ2v) is 7.12. The molecule has 0 aromatic heterocycles. The lowest BCUT2D eigenvalue weighted by Gasteiger charge is -2.23. The van der Waals surface area contributed by atoms with Crippen molar-refractivity contribution in [3.05, 3.63) is 34.3 Å². The lowest BCUT2D eigenvalue weighted by atomic mass is 9.95. The molecule has 2 heteroatoms. The van der Waals surface area contributed by atoms with Gasteiger partial charge in [-0.1, -0.05) is 66.7 Å². The predicted molar refractivity (Wildman–Crippen MR) is 91.0 cm³/mol. The van der Waals surface area contributed by atoms with Crippen LogP contribution in [0.15, 0.2) is 28.7 Å². The molecule has 0 amide bonds. The number of rotatable bonds is 5. The molecule has 1 fully saturated rings. The summed E-state index contributed by atoms with van der Waals surface area (Å²) in [4.78, 5) is 0. The molecule has 1 nitrogen and oxygen atoms in total. The van der Waals surface area contributed by atoms with E-state index in [2.05, 4.69) is 59.4 Å². The minimum absolute atomic E-state index is 0.429. The van der Waals surface area contributed by atoms with Crippen molar-refractivity contribution in [3.63, 3.8) is 0 Å². The number of hydrogen-bond donors (Lipinski definition) is 1. The zero-order valence-corrected chi connectivity index (χ0v) is 14.5. The van der Waals surface area contributed by atoms with Crippen LogP contribution in [0.2, 0.25) is 0 Å². The van der Waals surface area contributed by atoms with E-state index in [-0.39, 0.29) is 0 Å². The molecule has 0 radical (unpaired) electrons. The van der Waals surface area contributed by atoms with Crippen LogP contribution in [-0.4, -0.2) is 6.04 Å². The van der Waals surface area contributed by atoms with Gasteiger partial charge in [0.2, 0.25) is 0 Å². The Morgan fingerprint density at radius 3 is 2.75 bits per heavy atom. The van der Waals surface area contributed by atoms with E-state index in [1.54, 1.807) is 0 Å². The van der Waals surface area contributed by atoms with Crippen LogP contribution in [0.3, 0.4) is 0 Å². The Bertz CT molecular complexity index is 404. The fourth-order valence-electron chi connectivity index (χ4n) is 3.51. The Hall–Kier alpha value is -0.340. The van der Waals surface area contributed by atoms with Gasteiger partial charge in [0.05, 0.1) is 0 Å². The van der Waals surface area contributed by atoms with E-state index in [1.165, 1.54) is 55.0 Å². The van der Waals surface area contributed by atoms with Crippen molar-refractivity contribution in [3.8, 4) is 0 Å². The van der Waals surface area contributed by atoms with Crippen molar-refractivity contribution >= 4 is 15.9 Å². The Morgan fingerprint density at radius 1 is 1.20 bits per heavy atom. The number of hydrogen-bond acceptors (Lipinski definition) is 1. The lowest BCUT2D eigenvalue weighted by molar-refractivity contribution is 0.392. The van der Waals surface area contributed by atoms with Crippen LogP contribution in [0.25, 0.3) is 0 Å². The van der Waals surface area contributed by atoms with Crippen molar-refractivity contribution in [1.29, 1.82) is 0 Å². The second-order valence-electron chi connectivity index (χ2n) is 6.27. The molecule has 1 saturated carbocycles. The highest BCUT2D eigenvalue weighted by molar-refractivity contribution is 9.10. The van der Waals surface area contributed by atoms with Gasteiger partial charge in [0.25, 0.3) is 0 Å². The number of benzene rings is 1. The summed E-state index contributed by atoms with van der Waals surface area (Å²) in [5.74, 6) is 0.977. The number of nitrogens with one attached hydrogen (secondary N) is 1. The molecule has 0 spiro atoms. The summed E-state index contributed by atoms with van der Waals surface area (Å²) in [5.41, 5.74) is 1.38. The molecule has 20 heavy (non-hydrogen) atoms. The van der Waals surface area contributed by atoms with E-state index in [0.717, 1.165) is 5.92 Å². The molecule has 1 aromatic rings. The summed E-state index contributed by atoms with van der Waals surface area (Å²) in [6.07, 6.45) is 9.70. The molecule has 2 unspecified atom stereocenters. The van der Waals surface area contributed by atoms with E-state index in [4.69, 9.17) is 0 Å². The van der Waals surface area contributed by atoms with Gasteiger partial charge in [-0.15, -0.1) is 0 Å². The van der Waals surface area contributed by atoms with Gasteiger partial charge in [-0.3, -0.25) is 0 Å². The molecule has 3 atom stereocenters. The molecule has 0 aliphatic heterocycles. The first kappa shape index (κ1) is 16.0. The Morgan fingerprint density at radius 2 is 2.00 bits per heavy atom. The van der Waals surface area contributed by atoms with Gasteiger partial charge in [-0.2, -0.15) is 0 Å². The van der Waals surface area contributed by atoms with Gasteiger partial charge in [0, 0.05) is 16.6 Å². The molecule has 0 heterocycles. The third kappa shape index (κ3) is 4.60. The lowest BCUT2D eigenvalue weighted by Crippen LogP contribution is -2.31. The summed E-state index contributed by atoms with van der Waals surface area (Å²) in [7, 11) is 0. The van der Waals surface area contributed by atoms with Gasteiger partial charge >= 0.3 is 0 Å². The maximum atomic E-state index is 3.85. The molecular weight excluding hydrogens is 310 g/mol. The highest BCUT2D eigenvalue weighted by atomic mass is 79.9. The Labute approximate surface area is 132 Å². The molecule has 2 rings (SSSR count). The molecule has 0 bridgehead atoms. The highest BCUT2D eigenvalue weighted by Gasteiger charge is 2.20. The van der Waals surface area contributed by atoms with Crippen LogP contribution >= 0.6 is 15.9 Å². The minimum Gasteiger partial charge on any atom is -0.307 e. The standard InChI is InChI=1S/C18H28BrN/c1-3-7-15-8-6-9-16(13-12-15)20-14(2)17-10-4-5-11-18(17)19/h4-5,10-11,14-16,20H,3,6-9,12-13H2,1-2H3/t14-,15?,16?/m0/s1. The van der Waals surface area contributed by atoms with Crippen LogP contribution in [0, 0.1) is 5.92 Å². The van der Waals surface area contributed by atoms with E-state index in [9.17, 15) is 0 Å². The molecular formula is C18H28BrN. The summed E-state index contributed by atoms with van der Waals surface area (Å²) in [5, 5.41) is 3.85. The van der Waals surface area contributed by atoms with Gasteiger partial charge in [0.15, 0.2) is 0 Å². The van der Waals surface area contributed by atoms with Gasteiger partial charge in [-0.25, -0.2) is 0 Å². The first-order valence-electron chi connectivity index (χ1n) is 8.21. The van der Waals surface area contributed by atoms with Crippen LogP contribution in [0.4, 0.5) is 0 Å². The van der Waals surface area contributed by atoms with Crippen molar-refractivity contribution in [2.24, 2.45) is 5.92 Å². The monoisotopic (exact) mass is 337 g/mol. The van der Waals surface area contributed by atoms with Crippen LogP contribution < -0.4 is 5.32 Å². The van der Waals surface area contributed by atoms with Gasteiger partial charge in [-0.05, 0) is 43.7 Å². The summed E-state index contributed by atoms with van der Waals surface area (Å²) in [6, 6.07) is 9.69. The van der Waals surface area contributed by atoms with E-state index in [1.807, 2.05) is 0 Å². The van der Waals surface area contributed by atoms with Crippen molar-refractivity contribution in [1.82, 2.24) is 5.32 Å². The van der Waals surface area contributed by atoms with E-state index < -0.39 is 0 Å². The van der Waals surface area contributed by atoms with Crippen LogP contribution in [0.5, 0.6) is 0 Å². The van der Waals surface area contributed by atoms with E-state index in [0.29, 0.717) is 12.1 Å². The predicted octanol–water partition coefficient (Wildman–Crippen LogP) is 5.85. The molecule has 112 valence electrons. The summed E-state index contributed by atoms with van der Waals surface area (Å²) >= 11 is 3.67. The maximum Gasteiger partial charge on any atom is 0.0305 e. The average molecular weight is 338 g/mol. The fraction of sp³-hybridized carbons (Fsp3) is 0.667. The van der Waals surface area contributed by atoms with Gasteiger partial charge in [0.1, 0.15) is 0 Å². The summed E-state index contributed by atoms with van der Waals surface area (Å²) in [6.45, 7) is 4.60. The third-order valence-corrected chi connectivity index (χ3v) is 5.36. The summed E-state index contributed by atoms with van der Waals surface area (Å²) < 4.78 is 1.22. The van der Waals surface area contributed by atoms with Crippen molar-refractivity contribution in [2.75, 3.05) is 0 Å². The quantitative estimate of drug-likeness (QED) is 0.664. The van der Waals surface area contributed by atoms with Crippen LogP contribution in [0.1, 0.15) is 70.4 Å². The van der Waals surface area contributed by atoms with Crippen molar-refractivity contribution in [2.45, 2.75) is 70.9 Å². The molecule has 0 saturated heterocycles. The normalized spacial score (nSPS) is 25.1. The third-order valence-electron chi connectivity index (χ3n) is 4.64. The Balaban J connectivity index is 1.88. The Kier molecular flexibility index (Phi) is 6.57. The molecule has 1 aromatic carbocycles. The molecule has 1 N–H and O–H groups in total. The minimum atomic E-state index is 0.429. The molecule has 1 aliphatic rings. The first-order valence-corrected chi connectivity index (χ1v) is 9.00. The number of halogens is 1. The smallest absolute Gasteiger partial charge is 0.0305 e. The van der Waals surface area contributed by atoms with E-state index >= 15 is 0 Å². The zero-order valence-electron chi connectivity index (χ0n) is 12.9. The topological polar surface area (TPSA) is 12.0 Å². The second kappa shape index (κ2) is 8.19. The van der Waals surface area contributed by atoms with Crippen LogP contribution in [-0.2, 0) is 0 Å². The highest BCUT2D eigenvalue weighted by Crippen LogP contribution is 2.29.